The second-order valence-electron chi connectivity index (χ2n) is 10.2. The minimum absolute atomic E-state index is 0. The van der Waals surface area contributed by atoms with Crippen LogP contribution < -0.4 is 0 Å². The second-order valence-corrected chi connectivity index (χ2v) is 10.2. The molecule has 4 aromatic carbocycles. The summed E-state index contributed by atoms with van der Waals surface area (Å²) in [4.78, 5) is 2.67. The number of halogens is 1. The van der Waals surface area contributed by atoms with Gasteiger partial charge in [-0.3, -0.25) is 4.90 Å². The number of hydrogen-bond donors (Lipinski definition) is 0. The molecule has 0 saturated carbocycles. The van der Waals surface area contributed by atoms with Gasteiger partial charge in [0.25, 0.3) is 0 Å². The quantitative estimate of drug-likeness (QED) is 0.231. The SMILES string of the molecule is Cc1cccc(C)c1C1CCN(Cc2c(-c3ccccc3)n(-c3ccccc3)c3ccccc23)CC1.Cl. The molecule has 0 unspecified atom stereocenters. The minimum Gasteiger partial charge on any atom is -0.309 e. The number of benzene rings is 4. The molecule has 0 aliphatic carbocycles. The van der Waals surface area contributed by atoms with Crippen LogP contribution in [0.5, 0.6) is 0 Å². The predicted molar refractivity (Wildman–Crippen MR) is 159 cm³/mol. The van der Waals surface area contributed by atoms with Crippen molar-refractivity contribution in [3.63, 3.8) is 0 Å². The Labute approximate surface area is 227 Å². The van der Waals surface area contributed by atoms with Gasteiger partial charge in [-0.15, -0.1) is 12.4 Å². The van der Waals surface area contributed by atoms with E-state index in [-0.39, 0.29) is 12.4 Å². The average Bonchev–Trinajstić information content (AvgIpc) is 3.24. The molecule has 1 saturated heterocycles. The lowest BCUT2D eigenvalue weighted by Gasteiger charge is -2.33. The summed E-state index contributed by atoms with van der Waals surface area (Å²) in [6.45, 7) is 7.80. The normalized spacial score (nSPS) is 14.5. The molecule has 5 aromatic rings. The van der Waals surface area contributed by atoms with Gasteiger partial charge in [-0.05, 0) is 86.1 Å². The molecule has 0 amide bonds. The highest BCUT2D eigenvalue weighted by Crippen LogP contribution is 2.39. The van der Waals surface area contributed by atoms with E-state index in [9.17, 15) is 0 Å². The van der Waals surface area contributed by atoms with Crippen molar-refractivity contribution in [2.45, 2.75) is 39.2 Å². The van der Waals surface area contributed by atoms with E-state index in [1.54, 1.807) is 5.56 Å². The summed E-state index contributed by atoms with van der Waals surface area (Å²) in [7, 11) is 0. The Hall–Kier alpha value is -3.33. The van der Waals surface area contributed by atoms with Crippen LogP contribution in [0, 0.1) is 13.8 Å². The smallest absolute Gasteiger partial charge is 0.0586 e. The fourth-order valence-corrected chi connectivity index (χ4v) is 6.29. The summed E-state index contributed by atoms with van der Waals surface area (Å²) in [6, 6.07) is 37.4. The molecule has 1 fully saturated rings. The van der Waals surface area contributed by atoms with Gasteiger partial charge in [-0.2, -0.15) is 0 Å². The summed E-state index contributed by atoms with van der Waals surface area (Å²) in [5.74, 6) is 0.668. The highest BCUT2D eigenvalue weighted by Gasteiger charge is 2.26. The Morgan fingerprint density at radius 2 is 1.27 bits per heavy atom. The third kappa shape index (κ3) is 4.84. The molecule has 0 bridgehead atoms. The molecule has 1 aliphatic rings. The molecular weight excluding hydrogens is 472 g/mol. The van der Waals surface area contributed by atoms with E-state index >= 15 is 0 Å². The number of hydrogen-bond acceptors (Lipinski definition) is 1. The maximum absolute atomic E-state index is 2.67. The fourth-order valence-electron chi connectivity index (χ4n) is 6.29. The van der Waals surface area contributed by atoms with E-state index in [1.807, 2.05) is 0 Å². The van der Waals surface area contributed by atoms with Gasteiger partial charge in [0.2, 0.25) is 0 Å². The molecule has 0 radical (unpaired) electrons. The van der Waals surface area contributed by atoms with Crippen LogP contribution in [0.3, 0.4) is 0 Å². The number of fused-ring (bicyclic) bond motifs is 1. The van der Waals surface area contributed by atoms with Crippen molar-refractivity contribution < 1.29 is 0 Å². The summed E-state index contributed by atoms with van der Waals surface area (Å²) in [6.07, 6.45) is 2.45. The molecular formula is C34H35ClN2. The number of likely N-dealkylation sites (tertiary alicyclic amines) is 1. The minimum atomic E-state index is 0. The molecule has 3 heteroatoms. The van der Waals surface area contributed by atoms with Gasteiger partial charge in [-0.25, -0.2) is 0 Å². The maximum Gasteiger partial charge on any atom is 0.0586 e. The number of nitrogens with zero attached hydrogens (tertiary/aromatic N) is 2. The van der Waals surface area contributed by atoms with E-state index in [2.05, 4.69) is 126 Å². The first-order valence-electron chi connectivity index (χ1n) is 13.2. The van der Waals surface area contributed by atoms with Crippen molar-refractivity contribution in [1.82, 2.24) is 9.47 Å². The number of aromatic nitrogens is 1. The standard InChI is InChI=1S/C34H34N2.ClH/c1-25-12-11-13-26(2)33(25)27-20-22-35(23-21-27)24-31-30-18-9-10-19-32(30)36(29-16-7-4-8-17-29)34(31)28-14-5-3-6-15-28;/h3-19,27H,20-24H2,1-2H3;1H. The van der Waals surface area contributed by atoms with Gasteiger partial charge in [0.1, 0.15) is 0 Å². The average molecular weight is 507 g/mol. The van der Waals surface area contributed by atoms with Gasteiger partial charge in [0.15, 0.2) is 0 Å². The fraction of sp³-hybridized carbons (Fsp3) is 0.235. The summed E-state index contributed by atoms with van der Waals surface area (Å²) < 4.78 is 2.46. The van der Waals surface area contributed by atoms with Crippen molar-refractivity contribution in [1.29, 1.82) is 0 Å². The summed E-state index contributed by atoms with van der Waals surface area (Å²) in [5.41, 5.74) is 11.0. The highest BCUT2D eigenvalue weighted by atomic mass is 35.5. The second kappa shape index (κ2) is 11.0. The van der Waals surface area contributed by atoms with E-state index in [0.717, 1.165) is 19.6 Å². The number of para-hydroxylation sites is 2. The summed E-state index contributed by atoms with van der Waals surface area (Å²) in [5, 5.41) is 1.36. The van der Waals surface area contributed by atoms with E-state index in [0.29, 0.717) is 5.92 Å². The molecule has 0 N–H and O–H groups in total. The lowest BCUT2D eigenvalue weighted by molar-refractivity contribution is 0.205. The lowest BCUT2D eigenvalue weighted by atomic mass is 9.84. The molecule has 37 heavy (non-hydrogen) atoms. The van der Waals surface area contributed by atoms with Crippen LogP contribution in [-0.2, 0) is 6.54 Å². The zero-order chi connectivity index (χ0) is 24.5. The zero-order valence-corrected chi connectivity index (χ0v) is 22.5. The van der Waals surface area contributed by atoms with Crippen LogP contribution in [-0.4, -0.2) is 22.6 Å². The third-order valence-corrected chi connectivity index (χ3v) is 7.96. The topological polar surface area (TPSA) is 8.17 Å². The Morgan fingerprint density at radius 3 is 1.95 bits per heavy atom. The van der Waals surface area contributed by atoms with E-state index in [4.69, 9.17) is 0 Å². The van der Waals surface area contributed by atoms with E-state index in [1.165, 1.54) is 57.4 Å². The van der Waals surface area contributed by atoms with Crippen molar-refractivity contribution in [2.75, 3.05) is 13.1 Å². The van der Waals surface area contributed by atoms with Gasteiger partial charge >= 0.3 is 0 Å². The first-order valence-corrected chi connectivity index (χ1v) is 13.2. The summed E-state index contributed by atoms with van der Waals surface area (Å²) >= 11 is 0. The van der Waals surface area contributed by atoms with Crippen LogP contribution in [0.25, 0.3) is 27.8 Å². The van der Waals surface area contributed by atoms with Crippen molar-refractivity contribution in [3.8, 4) is 16.9 Å². The number of piperidine rings is 1. The molecule has 1 aromatic heterocycles. The Bertz CT molecular complexity index is 1460. The monoisotopic (exact) mass is 506 g/mol. The molecule has 188 valence electrons. The maximum atomic E-state index is 2.67. The number of rotatable bonds is 5. The van der Waals surface area contributed by atoms with Crippen molar-refractivity contribution in [3.05, 3.63) is 125 Å². The highest BCUT2D eigenvalue weighted by molar-refractivity contribution is 5.93. The molecule has 1 aliphatic heterocycles. The first kappa shape index (κ1) is 25.3. The first-order chi connectivity index (χ1) is 17.7. The van der Waals surface area contributed by atoms with Crippen molar-refractivity contribution in [2.24, 2.45) is 0 Å². The third-order valence-electron chi connectivity index (χ3n) is 7.96. The molecule has 0 spiro atoms. The van der Waals surface area contributed by atoms with E-state index < -0.39 is 0 Å². The largest absolute Gasteiger partial charge is 0.309 e. The van der Waals surface area contributed by atoms with Crippen LogP contribution in [0.15, 0.2) is 103 Å². The lowest BCUT2D eigenvalue weighted by Crippen LogP contribution is -2.33. The van der Waals surface area contributed by atoms with Crippen LogP contribution in [0.1, 0.15) is 41.0 Å². The van der Waals surface area contributed by atoms with Crippen molar-refractivity contribution >= 4 is 23.3 Å². The molecule has 2 nitrogen and oxygen atoms in total. The molecule has 6 rings (SSSR count). The number of aryl methyl sites for hydroxylation is 2. The molecule has 2 heterocycles. The van der Waals surface area contributed by atoms with Crippen LogP contribution in [0.4, 0.5) is 0 Å². The Morgan fingerprint density at radius 1 is 0.676 bits per heavy atom. The molecule has 0 atom stereocenters. The Balaban J connectivity index is 0.00000280. The van der Waals surface area contributed by atoms with Crippen LogP contribution >= 0.6 is 12.4 Å². The predicted octanol–water partition coefficient (Wildman–Crippen LogP) is 8.72. The van der Waals surface area contributed by atoms with Gasteiger partial charge < -0.3 is 4.57 Å². The Kier molecular flexibility index (Phi) is 7.50. The van der Waals surface area contributed by atoms with Gasteiger partial charge in [0, 0.05) is 23.2 Å². The van der Waals surface area contributed by atoms with Crippen LogP contribution in [0.2, 0.25) is 0 Å². The van der Waals surface area contributed by atoms with Gasteiger partial charge in [0.05, 0.1) is 11.2 Å². The van der Waals surface area contributed by atoms with Gasteiger partial charge in [-0.1, -0.05) is 84.9 Å². The zero-order valence-electron chi connectivity index (χ0n) is 21.7.